The zero-order valence-electron chi connectivity index (χ0n) is 28.4. The molecule has 4 fully saturated rings. The first kappa shape index (κ1) is 33.2. The number of aromatic nitrogens is 3. The highest BCUT2D eigenvalue weighted by atomic mass is 16.5. The Morgan fingerprint density at radius 3 is 1.69 bits per heavy atom. The molecule has 5 heterocycles. The first-order valence-electron chi connectivity index (χ1n) is 17.7. The summed E-state index contributed by atoms with van der Waals surface area (Å²) in [6, 6.07) is 14.8. The first-order chi connectivity index (χ1) is 24.0. The second-order valence-electron chi connectivity index (χ2n) is 13.4. The molecule has 2 N–H and O–H groups in total. The molecule has 13 heteroatoms. The molecule has 0 saturated carbocycles. The third kappa shape index (κ3) is 8.28. The number of ether oxygens (including phenoxy) is 2. The molecular weight excluding hydrogens is 622 g/mol. The molecule has 4 aliphatic rings. The minimum atomic E-state index is -0.370. The number of carbonyl (C=O) groups is 2. The number of amides is 3. The van der Waals surface area contributed by atoms with Gasteiger partial charge in [0.25, 0.3) is 5.91 Å². The van der Waals surface area contributed by atoms with Gasteiger partial charge in [-0.05, 0) is 93.2 Å². The van der Waals surface area contributed by atoms with Crippen LogP contribution in [0.25, 0.3) is 11.4 Å². The maximum Gasteiger partial charge on any atom is 0.323 e. The van der Waals surface area contributed by atoms with Gasteiger partial charge in [-0.15, -0.1) is 0 Å². The van der Waals surface area contributed by atoms with Gasteiger partial charge in [0.05, 0.1) is 26.4 Å². The molecule has 4 aliphatic heterocycles. The molecule has 2 aromatic carbocycles. The van der Waals surface area contributed by atoms with E-state index in [9.17, 15) is 9.59 Å². The lowest BCUT2D eigenvalue weighted by Crippen LogP contribution is -2.48. The van der Waals surface area contributed by atoms with E-state index in [0.717, 1.165) is 63.6 Å². The monoisotopic (exact) mass is 669 g/mol. The summed E-state index contributed by atoms with van der Waals surface area (Å²) in [6.07, 6.45) is 4.61. The number of likely N-dealkylation sites (tertiary alicyclic amines) is 2. The minimum absolute atomic E-state index is 0.0501. The second-order valence-corrected chi connectivity index (χ2v) is 13.4. The molecule has 0 aliphatic carbocycles. The van der Waals surface area contributed by atoms with Crippen molar-refractivity contribution in [3.05, 3.63) is 54.1 Å². The van der Waals surface area contributed by atoms with Crippen LogP contribution < -0.4 is 20.4 Å². The molecule has 1 aromatic heterocycles. The van der Waals surface area contributed by atoms with Crippen LogP contribution in [0.5, 0.6) is 0 Å². The van der Waals surface area contributed by atoms with Crippen LogP contribution in [0.15, 0.2) is 48.5 Å². The van der Waals surface area contributed by atoms with Crippen molar-refractivity contribution in [2.75, 3.05) is 99.2 Å². The fraction of sp³-hybridized carbons (Fsp3) is 0.528. The van der Waals surface area contributed by atoms with Gasteiger partial charge in [-0.25, -0.2) is 4.79 Å². The number of hydrogen-bond acceptors (Lipinski definition) is 10. The van der Waals surface area contributed by atoms with E-state index in [2.05, 4.69) is 32.3 Å². The highest BCUT2D eigenvalue weighted by Crippen LogP contribution is 2.26. The largest absolute Gasteiger partial charge is 0.378 e. The summed E-state index contributed by atoms with van der Waals surface area (Å²) in [4.78, 5) is 49.3. The lowest BCUT2D eigenvalue weighted by Gasteiger charge is -2.41. The maximum atomic E-state index is 13.2. The molecule has 0 unspecified atom stereocenters. The summed E-state index contributed by atoms with van der Waals surface area (Å²) in [6.45, 7) is 11.7. The topological polar surface area (TPSA) is 128 Å². The molecule has 4 saturated heterocycles. The Labute approximate surface area is 288 Å². The lowest BCUT2D eigenvalue weighted by atomic mass is 9.94. The summed E-state index contributed by atoms with van der Waals surface area (Å²) in [5.74, 6) is 2.72. The molecule has 49 heavy (non-hydrogen) atoms. The Bertz CT molecular complexity index is 1520. The van der Waals surface area contributed by atoms with Crippen LogP contribution in [0.4, 0.5) is 28.1 Å². The predicted molar refractivity (Wildman–Crippen MR) is 189 cm³/mol. The summed E-state index contributed by atoms with van der Waals surface area (Å²) < 4.78 is 11.1. The van der Waals surface area contributed by atoms with Crippen molar-refractivity contribution in [3.8, 4) is 11.4 Å². The lowest BCUT2D eigenvalue weighted by molar-refractivity contribution is 0.0560. The number of hydrogen-bond donors (Lipinski definition) is 2. The predicted octanol–water partition coefficient (Wildman–Crippen LogP) is 4.19. The van der Waals surface area contributed by atoms with Crippen LogP contribution in [0.2, 0.25) is 0 Å². The van der Waals surface area contributed by atoms with Gasteiger partial charge in [0.2, 0.25) is 11.9 Å². The summed E-state index contributed by atoms with van der Waals surface area (Å²) in [5, 5.41) is 5.76. The normalized spacial score (nSPS) is 19.9. The Morgan fingerprint density at radius 1 is 0.653 bits per heavy atom. The molecule has 0 radical (unpaired) electrons. The number of carbonyl (C=O) groups excluding carboxylic acids is 2. The van der Waals surface area contributed by atoms with Crippen molar-refractivity contribution >= 4 is 35.2 Å². The maximum absolute atomic E-state index is 13.2. The van der Waals surface area contributed by atoms with Crippen molar-refractivity contribution in [1.82, 2.24) is 24.8 Å². The first-order valence-corrected chi connectivity index (χ1v) is 17.7. The highest BCUT2D eigenvalue weighted by molar-refractivity contribution is 6.00. The van der Waals surface area contributed by atoms with Crippen LogP contribution in [-0.2, 0) is 9.47 Å². The van der Waals surface area contributed by atoms with E-state index in [1.165, 1.54) is 25.9 Å². The average molecular weight is 670 g/mol. The Hall–Kier alpha value is -4.33. The molecule has 3 aromatic rings. The number of nitrogens with zero attached hydrogens (tertiary/aromatic N) is 7. The summed E-state index contributed by atoms with van der Waals surface area (Å²) >= 11 is 0. The molecule has 260 valence electrons. The standard InChI is InChI=1S/C36H47N9O4/c1-26-10-14-42(15-11-26)31-12-16-43(17-13-31)33(46)28-4-8-30(9-5-28)38-36(47)37-29-6-2-27(3-7-29)32-39-34(44-18-22-48-23-19-44)41-35(40-32)45-20-24-49-25-21-45/h2-9,26,31H,10-25H2,1H3,(H2,37,38,47). The Morgan fingerprint density at radius 2 is 1.16 bits per heavy atom. The van der Waals surface area contributed by atoms with Gasteiger partial charge < -0.3 is 39.7 Å². The van der Waals surface area contributed by atoms with Crippen LogP contribution in [0.1, 0.15) is 43.0 Å². The van der Waals surface area contributed by atoms with Crippen molar-refractivity contribution in [2.45, 2.75) is 38.6 Å². The summed E-state index contributed by atoms with van der Waals surface area (Å²) in [5.41, 5.74) is 2.70. The van der Waals surface area contributed by atoms with E-state index in [1.807, 2.05) is 29.2 Å². The molecule has 0 atom stereocenters. The van der Waals surface area contributed by atoms with Gasteiger partial charge >= 0.3 is 6.03 Å². The number of benzene rings is 2. The van der Waals surface area contributed by atoms with Gasteiger partial charge in [-0.1, -0.05) is 6.92 Å². The molecule has 0 spiro atoms. The highest BCUT2D eigenvalue weighted by Gasteiger charge is 2.29. The van der Waals surface area contributed by atoms with Crippen molar-refractivity contribution in [2.24, 2.45) is 5.92 Å². The SMILES string of the molecule is CC1CCN(C2CCN(C(=O)c3ccc(NC(=O)Nc4ccc(-c5nc(N6CCOCC6)nc(N6CCOCC6)n5)cc4)cc3)CC2)CC1. The van der Waals surface area contributed by atoms with E-state index < -0.39 is 0 Å². The average Bonchev–Trinajstić information content (AvgIpc) is 3.16. The van der Waals surface area contributed by atoms with Gasteiger partial charge in [0.1, 0.15) is 0 Å². The minimum Gasteiger partial charge on any atom is -0.378 e. The van der Waals surface area contributed by atoms with Gasteiger partial charge in [0.15, 0.2) is 5.82 Å². The number of nitrogens with one attached hydrogen (secondary N) is 2. The number of morpholine rings is 2. The number of rotatable bonds is 7. The van der Waals surface area contributed by atoms with E-state index in [0.29, 0.717) is 67.1 Å². The molecule has 3 amide bonds. The fourth-order valence-corrected chi connectivity index (χ4v) is 7.00. The van der Waals surface area contributed by atoms with Crippen LogP contribution >= 0.6 is 0 Å². The van der Waals surface area contributed by atoms with Gasteiger partial charge in [-0.3, -0.25) is 4.79 Å². The molecular formula is C36H47N9O4. The fourth-order valence-electron chi connectivity index (χ4n) is 7.00. The van der Waals surface area contributed by atoms with E-state index >= 15 is 0 Å². The molecule has 7 rings (SSSR count). The number of anilines is 4. The van der Waals surface area contributed by atoms with Crippen LogP contribution in [-0.4, -0.2) is 122 Å². The zero-order valence-corrected chi connectivity index (χ0v) is 28.4. The second kappa shape index (κ2) is 15.5. The zero-order chi connectivity index (χ0) is 33.6. The quantitative estimate of drug-likeness (QED) is 0.378. The third-order valence-electron chi connectivity index (χ3n) is 10.1. The van der Waals surface area contributed by atoms with E-state index in [4.69, 9.17) is 24.4 Å². The van der Waals surface area contributed by atoms with Crippen LogP contribution in [0.3, 0.4) is 0 Å². The van der Waals surface area contributed by atoms with Gasteiger partial charge in [-0.2, -0.15) is 15.0 Å². The van der Waals surface area contributed by atoms with Gasteiger partial charge in [0, 0.05) is 67.8 Å². The van der Waals surface area contributed by atoms with Crippen LogP contribution in [0, 0.1) is 5.92 Å². The summed E-state index contributed by atoms with van der Waals surface area (Å²) in [7, 11) is 0. The number of piperidine rings is 2. The molecule has 13 nitrogen and oxygen atoms in total. The third-order valence-corrected chi connectivity index (χ3v) is 10.1. The van der Waals surface area contributed by atoms with Crippen molar-refractivity contribution < 1.29 is 19.1 Å². The van der Waals surface area contributed by atoms with Crippen molar-refractivity contribution in [1.29, 1.82) is 0 Å². The Kier molecular flexibility index (Phi) is 10.5. The van der Waals surface area contributed by atoms with Crippen molar-refractivity contribution in [3.63, 3.8) is 0 Å². The number of urea groups is 1. The van der Waals surface area contributed by atoms with E-state index in [1.54, 1.807) is 24.3 Å². The Balaban J connectivity index is 0.934. The van der Waals surface area contributed by atoms with E-state index in [-0.39, 0.29) is 11.9 Å². The molecule has 0 bridgehead atoms. The smallest absolute Gasteiger partial charge is 0.323 e.